The Hall–Kier alpha value is -2.03. The lowest BCUT2D eigenvalue weighted by Gasteiger charge is -2.04. The Kier molecular flexibility index (Phi) is 1.85. The number of rotatable bonds is 2. The molecule has 70 valence electrons. The van der Waals surface area contributed by atoms with E-state index in [0.29, 0.717) is 12.8 Å². The molecule has 0 atom stereocenters. The average molecular weight is 189 g/mol. The van der Waals surface area contributed by atoms with Gasteiger partial charge in [-0.25, -0.2) is 4.98 Å². The number of anilines is 1. The third-order valence-electron chi connectivity index (χ3n) is 2.11. The lowest BCUT2D eigenvalue weighted by molar-refractivity contribution is -0.119. The number of hydrogen-bond donors (Lipinski definition) is 1. The second-order valence-electron chi connectivity index (χ2n) is 3.11. The first-order chi connectivity index (χ1) is 6.77. The largest absolute Gasteiger partial charge is 0.292 e. The Balaban J connectivity index is 2.07. The van der Waals surface area contributed by atoms with E-state index >= 15 is 0 Å². The van der Waals surface area contributed by atoms with Crippen LogP contribution >= 0.6 is 0 Å². The number of amides is 1. The molecule has 0 saturated heterocycles. The van der Waals surface area contributed by atoms with Gasteiger partial charge in [0.25, 0.3) is 0 Å². The molecule has 0 spiro atoms. The number of carbonyl (C=O) groups is 1. The highest BCUT2D eigenvalue weighted by molar-refractivity contribution is 5.97. The fourth-order valence-corrected chi connectivity index (χ4v) is 1.04. The molecule has 6 nitrogen and oxygen atoms in total. The molecular weight excluding hydrogens is 182 g/mol. The average Bonchev–Trinajstić information content (AvgIpc) is 3.00. The summed E-state index contributed by atoms with van der Waals surface area (Å²) in [5.41, 5.74) is -0.848. The highest BCUT2D eigenvalue weighted by atomic mass is 16.2. The first-order valence-corrected chi connectivity index (χ1v) is 4.13. The Morgan fingerprint density at radius 1 is 1.57 bits per heavy atom. The van der Waals surface area contributed by atoms with Gasteiger partial charge in [0.1, 0.15) is 5.41 Å². The zero-order valence-corrected chi connectivity index (χ0v) is 7.27. The smallest absolute Gasteiger partial charge is 0.249 e. The van der Waals surface area contributed by atoms with Crippen molar-refractivity contribution in [1.82, 2.24) is 15.2 Å². The maximum atomic E-state index is 11.5. The lowest BCUT2D eigenvalue weighted by atomic mass is 10.1. The van der Waals surface area contributed by atoms with Crippen molar-refractivity contribution >= 4 is 11.9 Å². The second-order valence-corrected chi connectivity index (χ2v) is 3.11. The van der Waals surface area contributed by atoms with Crippen LogP contribution in [0.15, 0.2) is 12.4 Å². The molecule has 6 heteroatoms. The van der Waals surface area contributed by atoms with Crippen molar-refractivity contribution in [1.29, 1.82) is 5.26 Å². The van der Waals surface area contributed by atoms with Gasteiger partial charge in [-0.15, -0.1) is 5.10 Å². The summed E-state index contributed by atoms with van der Waals surface area (Å²) >= 11 is 0. The first kappa shape index (κ1) is 8.56. The lowest BCUT2D eigenvalue weighted by Crippen LogP contribution is -2.24. The van der Waals surface area contributed by atoms with Crippen molar-refractivity contribution in [2.75, 3.05) is 5.32 Å². The van der Waals surface area contributed by atoms with Crippen LogP contribution in [0.3, 0.4) is 0 Å². The maximum Gasteiger partial charge on any atom is 0.249 e. The summed E-state index contributed by atoms with van der Waals surface area (Å²) in [6.07, 6.45) is 4.05. The molecule has 1 amide bonds. The van der Waals surface area contributed by atoms with Gasteiger partial charge in [0, 0.05) is 0 Å². The molecule has 14 heavy (non-hydrogen) atoms. The van der Waals surface area contributed by atoms with Gasteiger partial charge in [-0.2, -0.15) is 10.4 Å². The van der Waals surface area contributed by atoms with Gasteiger partial charge in [0.2, 0.25) is 11.9 Å². The molecule has 1 aliphatic carbocycles. The highest BCUT2D eigenvalue weighted by Gasteiger charge is 2.50. The summed E-state index contributed by atoms with van der Waals surface area (Å²) in [5, 5.41) is 18.3. The van der Waals surface area contributed by atoms with E-state index in [4.69, 9.17) is 5.26 Å². The van der Waals surface area contributed by atoms with Crippen LogP contribution in [0.1, 0.15) is 12.8 Å². The number of nitrogens with zero attached hydrogens (tertiary/aromatic N) is 4. The Morgan fingerprint density at radius 2 is 2.36 bits per heavy atom. The first-order valence-electron chi connectivity index (χ1n) is 4.13. The van der Waals surface area contributed by atoms with Crippen molar-refractivity contribution in [3.8, 4) is 6.07 Å². The van der Waals surface area contributed by atoms with E-state index in [-0.39, 0.29) is 11.9 Å². The molecule has 0 radical (unpaired) electrons. The quantitative estimate of drug-likeness (QED) is 0.713. The zero-order valence-electron chi connectivity index (χ0n) is 7.27. The third kappa shape index (κ3) is 1.40. The summed E-state index contributed by atoms with van der Waals surface area (Å²) in [5.74, 6) is -0.202. The van der Waals surface area contributed by atoms with Crippen LogP contribution in [0.25, 0.3) is 0 Å². The molecule has 0 bridgehead atoms. The van der Waals surface area contributed by atoms with Crippen molar-refractivity contribution in [3.05, 3.63) is 12.4 Å². The van der Waals surface area contributed by atoms with Crippen LogP contribution in [0.4, 0.5) is 5.95 Å². The van der Waals surface area contributed by atoms with Gasteiger partial charge < -0.3 is 0 Å². The maximum absolute atomic E-state index is 11.5. The van der Waals surface area contributed by atoms with Gasteiger partial charge >= 0.3 is 0 Å². The van der Waals surface area contributed by atoms with Crippen molar-refractivity contribution in [2.45, 2.75) is 12.8 Å². The van der Waals surface area contributed by atoms with Crippen LogP contribution in [-0.2, 0) is 4.79 Å². The number of nitrogens with one attached hydrogen (secondary N) is 1. The fourth-order valence-electron chi connectivity index (χ4n) is 1.04. The minimum Gasteiger partial charge on any atom is -0.292 e. The van der Waals surface area contributed by atoms with Crippen molar-refractivity contribution < 1.29 is 4.79 Å². The van der Waals surface area contributed by atoms with Gasteiger partial charge in [-0.1, -0.05) is 0 Å². The molecule has 1 saturated carbocycles. The molecule has 2 rings (SSSR count). The normalized spacial score (nSPS) is 16.8. The molecule has 1 fully saturated rings. The second kappa shape index (κ2) is 3.03. The van der Waals surface area contributed by atoms with E-state index in [9.17, 15) is 4.79 Å². The van der Waals surface area contributed by atoms with E-state index in [0.717, 1.165) is 0 Å². The number of aromatic nitrogens is 3. The SMILES string of the molecule is N#CC1(C(=O)Nc2nccnn2)CC1. The van der Waals surface area contributed by atoms with Crippen LogP contribution in [0.5, 0.6) is 0 Å². The molecule has 1 aromatic heterocycles. The summed E-state index contributed by atoms with van der Waals surface area (Å²) in [6.45, 7) is 0. The van der Waals surface area contributed by atoms with E-state index in [1.54, 1.807) is 0 Å². The topological polar surface area (TPSA) is 91.6 Å². The Bertz CT molecular complexity index is 392. The predicted molar refractivity (Wildman–Crippen MR) is 45.7 cm³/mol. The Morgan fingerprint density at radius 3 is 2.86 bits per heavy atom. The van der Waals surface area contributed by atoms with Crippen LogP contribution in [-0.4, -0.2) is 21.1 Å². The predicted octanol–water partition coefficient (Wildman–Crippen LogP) is 0.114. The van der Waals surface area contributed by atoms with E-state index in [1.807, 2.05) is 6.07 Å². The molecule has 0 unspecified atom stereocenters. The summed E-state index contributed by atoms with van der Waals surface area (Å²) < 4.78 is 0. The molecule has 0 aliphatic heterocycles. The van der Waals surface area contributed by atoms with Crippen LogP contribution in [0, 0.1) is 16.7 Å². The standard InChI is InChI=1S/C8H7N5O/c9-5-8(1-2-8)6(14)12-7-10-3-4-11-13-7/h3-4H,1-2H2,(H,10,12,13,14). The molecular formula is C8H7N5O. The van der Waals surface area contributed by atoms with E-state index in [2.05, 4.69) is 20.5 Å². The minimum absolute atomic E-state index is 0.138. The summed E-state index contributed by atoms with van der Waals surface area (Å²) in [6, 6.07) is 1.98. The number of hydrogen-bond acceptors (Lipinski definition) is 5. The van der Waals surface area contributed by atoms with Gasteiger partial charge in [-0.05, 0) is 12.8 Å². The Labute approximate surface area is 80.0 Å². The fraction of sp³-hybridized carbons (Fsp3) is 0.375. The van der Waals surface area contributed by atoms with Crippen molar-refractivity contribution in [3.63, 3.8) is 0 Å². The van der Waals surface area contributed by atoms with Crippen molar-refractivity contribution in [2.24, 2.45) is 5.41 Å². The minimum atomic E-state index is -0.848. The number of nitriles is 1. The molecule has 1 heterocycles. The summed E-state index contributed by atoms with van der Waals surface area (Å²) in [4.78, 5) is 15.3. The van der Waals surface area contributed by atoms with Gasteiger partial charge in [0.05, 0.1) is 18.5 Å². The molecule has 0 aromatic carbocycles. The van der Waals surface area contributed by atoms with Gasteiger partial charge in [0.15, 0.2) is 0 Å². The molecule has 1 aromatic rings. The van der Waals surface area contributed by atoms with Gasteiger partial charge in [-0.3, -0.25) is 10.1 Å². The van der Waals surface area contributed by atoms with Crippen LogP contribution < -0.4 is 5.32 Å². The van der Waals surface area contributed by atoms with E-state index in [1.165, 1.54) is 12.4 Å². The zero-order chi connectivity index (χ0) is 10.0. The summed E-state index contributed by atoms with van der Waals surface area (Å²) in [7, 11) is 0. The monoisotopic (exact) mass is 189 g/mol. The number of carbonyl (C=O) groups excluding carboxylic acids is 1. The van der Waals surface area contributed by atoms with Crippen LogP contribution in [0.2, 0.25) is 0 Å². The molecule has 1 aliphatic rings. The third-order valence-corrected chi connectivity index (χ3v) is 2.11. The van der Waals surface area contributed by atoms with E-state index < -0.39 is 5.41 Å². The molecule has 1 N–H and O–H groups in total. The highest BCUT2D eigenvalue weighted by Crippen LogP contribution is 2.45.